The van der Waals surface area contributed by atoms with Gasteiger partial charge in [0.05, 0.1) is 6.07 Å². The number of thioether (sulfide) groups is 1. The molecule has 1 aromatic heterocycles. The Morgan fingerprint density at radius 3 is 2.25 bits per heavy atom. The molecule has 24 heavy (non-hydrogen) atoms. The van der Waals surface area contributed by atoms with Crippen LogP contribution in [-0.2, 0) is 6.42 Å². The van der Waals surface area contributed by atoms with Crippen LogP contribution in [0.3, 0.4) is 0 Å². The first-order valence-corrected chi connectivity index (χ1v) is 8.54. The van der Waals surface area contributed by atoms with E-state index < -0.39 is 0 Å². The van der Waals surface area contributed by atoms with E-state index >= 15 is 0 Å². The quantitative estimate of drug-likeness (QED) is 0.639. The molecule has 3 rings (SSSR count). The zero-order valence-electron chi connectivity index (χ0n) is 13.6. The van der Waals surface area contributed by atoms with E-state index in [1.54, 1.807) is 0 Å². The van der Waals surface area contributed by atoms with Crippen LogP contribution < -0.4 is 0 Å². The van der Waals surface area contributed by atoms with Gasteiger partial charge in [0.15, 0.2) is 0 Å². The van der Waals surface area contributed by atoms with E-state index in [9.17, 15) is 5.26 Å². The van der Waals surface area contributed by atoms with E-state index in [0.717, 1.165) is 11.1 Å². The second-order valence-corrected chi connectivity index (χ2v) is 6.82. The average Bonchev–Trinajstić information content (AvgIpc) is 3.05. The molecule has 1 heterocycles. The van der Waals surface area contributed by atoms with Gasteiger partial charge in [0.1, 0.15) is 5.25 Å². The van der Waals surface area contributed by atoms with Crippen molar-refractivity contribution >= 4 is 11.8 Å². The maximum absolute atomic E-state index is 9.40. The van der Waals surface area contributed by atoms with Crippen LogP contribution in [0.5, 0.6) is 0 Å². The molecule has 0 unspecified atom stereocenters. The van der Waals surface area contributed by atoms with Crippen LogP contribution in [0.4, 0.5) is 0 Å². The second kappa shape index (κ2) is 7.33. The molecule has 0 spiro atoms. The Bertz CT molecular complexity index is 848. The number of aromatic nitrogens is 2. The van der Waals surface area contributed by atoms with Gasteiger partial charge in [0, 0.05) is 5.56 Å². The summed E-state index contributed by atoms with van der Waals surface area (Å²) in [5, 5.41) is 17.7. The molecule has 1 atom stereocenters. The topological polar surface area (TPSA) is 62.7 Å². The highest BCUT2D eigenvalue weighted by Crippen LogP contribution is 2.27. The molecule has 4 nitrogen and oxygen atoms in total. The Morgan fingerprint density at radius 2 is 1.62 bits per heavy atom. The fourth-order valence-corrected chi connectivity index (χ4v) is 3.03. The highest BCUT2D eigenvalue weighted by atomic mass is 32.2. The van der Waals surface area contributed by atoms with Gasteiger partial charge in [-0.25, -0.2) is 0 Å². The molecule has 0 saturated carbocycles. The zero-order chi connectivity index (χ0) is 16.9. The summed E-state index contributed by atoms with van der Waals surface area (Å²) >= 11 is 1.31. The summed E-state index contributed by atoms with van der Waals surface area (Å²) in [4.78, 5) is 0. The Hall–Kier alpha value is -2.58. The summed E-state index contributed by atoms with van der Waals surface area (Å²) in [6, 6.07) is 18.4. The first-order chi connectivity index (χ1) is 11.6. The highest BCUT2D eigenvalue weighted by Gasteiger charge is 2.16. The molecule has 0 N–H and O–H groups in total. The summed E-state index contributed by atoms with van der Waals surface area (Å²) in [6.07, 6.45) is 0.643. The lowest BCUT2D eigenvalue weighted by Gasteiger charge is -2.06. The lowest BCUT2D eigenvalue weighted by atomic mass is 10.1. The molecule has 0 saturated heterocycles. The molecule has 0 aliphatic heterocycles. The smallest absolute Gasteiger partial charge is 0.278 e. The van der Waals surface area contributed by atoms with E-state index in [0.29, 0.717) is 17.5 Å². The molecule has 0 amide bonds. The first kappa shape index (κ1) is 16.3. The zero-order valence-corrected chi connectivity index (χ0v) is 14.4. The number of benzene rings is 2. The maximum Gasteiger partial charge on any atom is 0.278 e. The van der Waals surface area contributed by atoms with Crippen LogP contribution in [0.15, 0.2) is 58.2 Å². The van der Waals surface area contributed by atoms with Crippen LogP contribution in [0.2, 0.25) is 0 Å². The summed E-state index contributed by atoms with van der Waals surface area (Å²) < 4.78 is 5.69. The monoisotopic (exact) mass is 335 g/mol. The van der Waals surface area contributed by atoms with Crippen LogP contribution in [-0.4, -0.2) is 15.4 Å². The fraction of sp³-hybridized carbons (Fsp3) is 0.211. The van der Waals surface area contributed by atoms with E-state index in [1.165, 1.54) is 22.9 Å². The van der Waals surface area contributed by atoms with Crippen molar-refractivity contribution in [3.05, 3.63) is 65.2 Å². The van der Waals surface area contributed by atoms with Gasteiger partial charge >= 0.3 is 0 Å². The third kappa shape index (κ3) is 4.03. The number of hydrogen-bond donors (Lipinski definition) is 0. The van der Waals surface area contributed by atoms with E-state index in [-0.39, 0.29) is 5.25 Å². The molecule has 3 aromatic rings. The molecule has 0 fully saturated rings. The van der Waals surface area contributed by atoms with Gasteiger partial charge in [0.25, 0.3) is 5.22 Å². The third-order valence-electron chi connectivity index (χ3n) is 3.63. The number of aryl methyl sites for hydroxylation is 2. The summed E-state index contributed by atoms with van der Waals surface area (Å²) in [7, 11) is 0. The van der Waals surface area contributed by atoms with Gasteiger partial charge in [0.2, 0.25) is 5.89 Å². The van der Waals surface area contributed by atoms with Gasteiger partial charge in [-0.05, 0) is 49.7 Å². The van der Waals surface area contributed by atoms with Gasteiger partial charge in [-0.15, -0.1) is 10.2 Å². The minimum absolute atomic E-state index is 0.265. The van der Waals surface area contributed by atoms with Crippen molar-refractivity contribution < 1.29 is 4.42 Å². The van der Waals surface area contributed by atoms with Crippen LogP contribution in [0, 0.1) is 25.2 Å². The van der Waals surface area contributed by atoms with Crippen molar-refractivity contribution in [2.24, 2.45) is 0 Å². The molecule has 2 aromatic carbocycles. The van der Waals surface area contributed by atoms with Gasteiger partial charge in [-0.3, -0.25) is 0 Å². The van der Waals surface area contributed by atoms with E-state index in [2.05, 4.69) is 28.4 Å². The predicted molar refractivity (Wildman–Crippen MR) is 94.6 cm³/mol. The Labute approximate surface area is 145 Å². The maximum atomic E-state index is 9.40. The van der Waals surface area contributed by atoms with Crippen LogP contribution in [0.25, 0.3) is 11.5 Å². The predicted octanol–water partition coefficient (Wildman–Crippen LogP) is 4.58. The highest BCUT2D eigenvalue weighted by molar-refractivity contribution is 7.99. The molecule has 0 bridgehead atoms. The first-order valence-electron chi connectivity index (χ1n) is 7.66. The lowest BCUT2D eigenvalue weighted by Crippen LogP contribution is -2.03. The van der Waals surface area contributed by atoms with Crippen LogP contribution >= 0.6 is 11.8 Å². The Balaban J connectivity index is 1.69. The van der Waals surface area contributed by atoms with Crippen molar-refractivity contribution in [3.63, 3.8) is 0 Å². The van der Waals surface area contributed by atoms with Gasteiger partial charge in [-0.2, -0.15) is 5.26 Å². The Morgan fingerprint density at radius 1 is 1.00 bits per heavy atom. The Kier molecular flexibility index (Phi) is 4.97. The number of hydrogen-bond acceptors (Lipinski definition) is 5. The van der Waals surface area contributed by atoms with Gasteiger partial charge < -0.3 is 4.42 Å². The van der Waals surface area contributed by atoms with Crippen LogP contribution in [0.1, 0.15) is 16.7 Å². The van der Waals surface area contributed by atoms with Crippen molar-refractivity contribution in [1.82, 2.24) is 10.2 Å². The SMILES string of the molecule is Cc1ccc(C[C@@H](C#N)Sc2nnc(-c3ccc(C)cc3)o2)cc1. The average molecular weight is 335 g/mol. The largest absolute Gasteiger partial charge is 0.411 e. The summed E-state index contributed by atoms with van der Waals surface area (Å²) in [6.45, 7) is 4.08. The second-order valence-electron chi connectivity index (χ2n) is 5.66. The fourth-order valence-electron chi connectivity index (χ4n) is 2.24. The van der Waals surface area contributed by atoms with Crippen molar-refractivity contribution in [2.75, 3.05) is 0 Å². The molecule has 0 aliphatic rings. The summed E-state index contributed by atoms with van der Waals surface area (Å²) in [5.74, 6) is 0.476. The molecular weight excluding hydrogens is 318 g/mol. The normalized spacial score (nSPS) is 11.9. The molecule has 0 aliphatic carbocycles. The lowest BCUT2D eigenvalue weighted by molar-refractivity contribution is 0.465. The third-order valence-corrected chi connectivity index (χ3v) is 4.56. The van der Waals surface area contributed by atoms with E-state index in [1.807, 2.05) is 50.2 Å². The number of nitriles is 1. The van der Waals surface area contributed by atoms with Gasteiger partial charge in [-0.1, -0.05) is 47.5 Å². The molecule has 5 heteroatoms. The number of nitrogens with zero attached hydrogens (tertiary/aromatic N) is 3. The van der Waals surface area contributed by atoms with E-state index in [4.69, 9.17) is 4.42 Å². The number of rotatable bonds is 5. The minimum Gasteiger partial charge on any atom is -0.411 e. The standard InChI is InChI=1S/C19H17N3OS/c1-13-3-7-15(8-4-13)11-17(12-20)24-19-22-21-18(23-19)16-9-5-14(2)6-10-16/h3-10,17H,11H2,1-2H3/t17-/m0/s1. The molecule has 0 radical (unpaired) electrons. The molecule has 120 valence electrons. The summed E-state index contributed by atoms with van der Waals surface area (Å²) in [5.41, 5.74) is 4.39. The van der Waals surface area contributed by atoms with Crippen molar-refractivity contribution in [1.29, 1.82) is 5.26 Å². The van der Waals surface area contributed by atoms with Crippen molar-refractivity contribution in [3.8, 4) is 17.5 Å². The minimum atomic E-state index is -0.265. The molecular formula is C19H17N3OS. The van der Waals surface area contributed by atoms with Crippen molar-refractivity contribution in [2.45, 2.75) is 30.7 Å².